The highest BCUT2D eigenvalue weighted by Gasteiger charge is 2.37. The maximum atomic E-state index is 12.7. The van der Waals surface area contributed by atoms with Gasteiger partial charge in [0.15, 0.2) is 5.16 Å². The first kappa shape index (κ1) is 21.1. The average Bonchev–Trinajstić information content (AvgIpc) is 2.94. The Bertz CT molecular complexity index is 622. The molecule has 2 rings (SSSR count). The lowest BCUT2D eigenvalue weighted by Gasteiger charge is -2.39. The number of nitrogens with zero attached hydrogens (tertiary/aromatic N) is 3. The fourth-order valence-corrected chi connectivity index (χ4v) is 4.12. The Morgan fingerprint density at radius 3 is 2.35 bits per heavy atom. The zero-order valence-electron chi connectivity index (χ0n) is 15.7. The lowest BCUT2D eigenvalue weighted by Crippen LogP contribution is -2.40. The van der Waals surface area contributed by atoms with Gasteiger partial charge in [-0.2, -0.15) is 13.2 Å². The molecule has 1 fully saturated rings. The number of thioether (sulfide) groups is 1. The molecule has 1 amide bonds. The fraction of sp³-hybridized carbons (Fsp3) is 0.824. The molecule has 0 bridgehead atoms. The van der Waals surface area contributed by atoms with Gasteiger partial charge in [0.2, 0.25) is 11.7 Å². The van der Waals surface area contributed by atoms with E-state index in [0.29, 0.717) is 11.3 Å². The number of carbonyl (C=O) groups is 1. The molecule has 1 aliphatic rings. The molecule has 0 saturated heterocycles. The van der Waals surface area contributed by atoms with Crippen LogP contribution in [0.2, 0.25) is 0 Å². The molecule has 0 atom stereocenters. The molecule has 1 N–H and O–H groups in total. The smallest absolute Gasteiger partial charge is 0.353 e. The van der Waals surface area contributed by atoms with E-state index in [1.807, 2.05) is 0 Å². The Morgan fingerprint density at radius 1 is 1.23 bits per heavy atom. The maximum Gasteiger partial charge on any atom is 0.451 e. The monoisotopic (exact) mass is 392 g/mol. The minimum atomic E-state index is -4.55. The van der Waals surface area contributed by atoms with E-state index in [1.54, 1.807) is 0 Å². The van der Waals surface area contributed by atoms with Crippen molar-refractivity contribution in [1.82, 2.24) is 20.1 Å². The van der Waals surface area contributed by atoms with Crippen LogP contribution in [0.4, 0.5) is 13.2 Å². The summed E-state index contributed by atoms with van der Waals surface area (Å²) in [5.74, 6) is -0.527. The Labute approximate surface area is 156 Å². The molecule has 0 radical (unpaired) electrons. The highest BCUT2D eigenvalue weighted by Crippen LogP contribution is 2.40. The Balaban J connectivity index is 1.79. The molecule has 9 heteroatoms. The van der Waals surface area contributed by atoms with Crippen molar-refractivity contribution >= 4 is 17.7 Å². The molecule has 0 unspecified atom stereocenters. The van der Waals surface area contributed by atoms with E-state index < -0.39 is 12.0 Å². The zero-order valence-corrected chi connectivity index (χ0v) is 16.5. The average molecular weight is 392 g/mol. The molecule has 1 aromatic heterocycles. The van der Waals surface area contributed by atoms with Gasteiger partial charge in [-0.15, -0.1) is 10.2 Å². The van der Waals surface area contributed by atoms with Gasteiger partial charge in [0.05, 0.1) is 5.75 Å². The van der Waals surface area contributed by atoms with E-state index >= 15 is 0 Å². The van der Waals surface area contributed by atoms with Crippen molar-refractivity contribution < 1.29 is 18.0 Å². The van der Waals surface area contributed by atoms with Gasteiger partial charge in [-0.1, -0.05) is 39.0 Å². The normalized spacial score (nSPS) is 21.7. The molecule has 26 heavy (non-hydrogen) atoms. The fourth-order valence-electron chi connectivity index (χ4n) is 3.39. The number of amides is 1. The molecule has 1 aromatic rings. The van der Waals surface area contributed by atoms with Gasteiger partial charge in [0, 0.05) is 13.1 Å². The third-order valence-electron chi connectivity index (χ3n) is 5.53. The van der Waals surface area contributed by atoms with Crippen LogP contribution in [0.3, 0.4) is 0 Å². The van der Waals surface area contributed by atoms with Crippen molar-refractivity contribution in [3.8, 4) is 0 Å². The molecule has 1 saturated carbocycles. The Kier molecular flexibility index (Phi) is 6.63. The number of carbonyl (C=O) groups excluding carboxylic acids is 1. The molecule has 1 aliphatic carbocycles. The number of halogens is 3. The highest BCUT2D eigenvalue weighted by atomic mass is 32.2. The summed E-state index contributed by atoms with van der Waals surface area (Å²) < 4.78 is 39.0. The van der Waals surface area contributed by atoms with Crippen molar-refractivity contribution in [3.63, 3.8) is 0 Å². The summed E-state index contributed by atoms with van der Waals surface area (Å²) in [5, 5.41) is 9.76. The third kappa shape index (κ3) is 5.14. The van der Waals surface area contributed by atoms with Crippen LogP contribution in [0.15, 0.2) is 5.16 Å². The van der Waals surface area contributed by atoms with Crippen LogP contribution in [0.25, 0.3) is 0 Å². The molecule has 5 nitrogen and oxygen atoms in total. The quantitative estimate of drug-likeness (QED) is 0.743. The van der Waals surface area contributed by atoms with Gasteiger partial charge < -0.3 is 9.88 Å². The number of rotatable bonds is 6. The van der Waals surface area contributed by atoms with Crippen LogP contribution in [0, 0.1) is 11.3 Å². The van der Waals surface area contributed by atoms with Gasteiger partial charge in [0.1, 0.15) is 0 Å². The third-order valence-corrected chi connectivity index (χ3v) is 6.55. The topological polar surface area (TPSA) is 59.8 Å². The SMILES string of the molecule is CCC(C)(C)C1CCC(NC(=O)CSc2nnc(C(F)(F)F)n2C)CC1. The van der Waals surface area contributed by atoms with Crippen LogP contribution >= 0.6 is 11.8 Å². The largest absolute Gasteiger partial charge is 0.451 e. The van der Waals surface area contributed by atoms with Gasteiger partial charge in [-0.05, 0) is 37.0 Å². The lowest BCUT2D eigenvalue weighted by atomic mass is 9.69. The van der Waals surface area contributed by atoms with Crippen molar-refractivity contribution in [2.45, 2.75) is 70.2 Å². The molecule has 148 valence electrons. The summed E-state index contributed by atoms with van der Waals surface area (Å²) in [6, 6.07) is 0.150. The van der Waals surface area contributed by atoms with Crippen molar-refractivity contribution in [3.05, 3.63) is 5.82 Å². The lowest BCUT2D eigenvalue weighted by molar-refractivity contribution is -0.147. The predicted octanol–water partition coefficient (Wildman–Crippen LogP) is 4.04. The highest BCUT2D eigenvalue weighted by molar-refractivity contribution is 7.99. The van der Waals surface area contributed by atoms with Crippen molar-refractivity contribution in [2.75, 3.05) is 5.75 Å². The number of hydrogen-bond donors (Lipinski definition) is 1. The van der Waals surface area contributed by atoms with Crippen LogP contribution in [-0.4, -0.2) is 32.5 Å². The second kappa shape index (κ2) is 8.19. The van der Waals surface area contributed by atoms with Crippen LogP contribution in [0.1, 0.15) is 58.7 Å². The summed E-state index contributed by atoms with van der Waals surface area (Å²) in [5.41, 5.74) is 0.326. The molecule has 0 spiro atoms. The van der Waals surface area contributed by atoms with Gasteiger partial charge in [-0.3, -0.25) is 4.79 Å². The first-order valence-corrected chi connectivity index (χ1v) is 9.92. The molecular formula is C17H27F3N4OS. The first-order valence-electron chi connectivity index (χ1n) is 8.93. The van der Waals surface area contributed by atoms with Crippen LogP contribution < -0.4 is 5.32 Å². The maximum absolute atomic E-state index is 12.7. The van der Waals surface area contributed by atoms with Crippen LogP contribution in [0.5, 0.6) is 0 Å². The second-order valence-corrected chi connectivity index (χ2v) is 8.55. The molecular weight excluding hydrogens is 365 g/mol. The number of aromatic nitrogens is 3. The van der Waals surface area contributed by atoms with E-state index in [-0.39, 0.29) is 22.9 Å². The Morgan fingerprint density at radius 2 is 1.85 bits per heavy atom. The number of hydrogen-bond acceptors (Lipinski definition) is 4. The van der Waals surface area contributed by atoms with Gasteiger partial charge in [0.25, 0.3) is 0 Å². The van der Waals surface area contributed by atoms with Crippen molar-refractivity contribution in [2.24, 2.45) is 18.4 Å². The molecule has 1 heterocycles. The second-order valence-electron chi connectivity index (χ2n) is 7.61. The van der Waals surface area contributed by atoms with E-state index in [4.69, 9.17) is 0 Å². The first-order chi connectivity index (χ1) is 12.0. The zero-order chi connectivity index (χ0) is 19.5. The molecule has 0 aromatic carbocycles. The summed E-state index contributed by atoms with van der Waals surface area (Å²) in [4.78, 5) is 12.1. The minimum Gasteiger partial charge on any atom is -0.353 e. The number of alkyl halides is 3. The van der Waals surface area contributed by atoms with E-state index in [2.05, 4.69) is 36.3 Å². The molecule has 0 aliphatic heterocycles. The predicted molar refractivity (Wildman–Crippen MR) is 94.7 cm³/mol. The minimum absolute atomic E-state index is 0.0320. The van der Waals surface area contributed by atoms with Crippen LogP contribution in [-0.2, 0) is 18.0 Å². The number of nitrogens with one attached hydrogen (secondary N) is 1. The van der Waals surface area contributed by atoms with E-state index in [0.717, 1.165) is 48.4 Å². The van der Waals surface area contributed by atoms with E-state index in [1.165, 1.54) is 7.05 Å². The summed E-state index contributed by atoms with van der Waals surface area (Å²) >= 11 is 0.966. The standard InChI is InChI=1S/C17H27F3N4OS/c1-5-16(2,3)11-6-8-12(9-7-11)21-13(25)10-26-15-23-22-14(24(15)4)17(18,19)20/h11-12H,5-10H2,1-4H3,(H,21,25). The summed E-state index contributed by atoms with van der Waals surface area (Å²) in [6.07, 6.45) is 0.685. The summed E-state index contributed by atoms with van der Waals surface area (Å²) in [7, 11) is 1.25. The van der Waals surface area contributed by atoms with E-state index in [9.17, 15) is 18.0 Å². The Hall–Kier alpha value is -1.25. The summed E-state index contributed by atoms with van der Waals surface area (Å²) in [6.45, 7) is 6.80. The van der Waals surface area contributed by atoms with Gasteiger partial charge >= 0.3 is 6.18 Å². The van der Waals surface area contributed by atoms with Gasteiger partial charge in [-0.25, -0.2) is 0 Å². The van der Waals surface area contributed by atoms with Crippen molar-refractivity contribution in [1.29, 1.82) is 0 Å².